The maximum absolute atomic E-state index is 12.2. The average Bonchev–Trinajstić information content (AvgIpc) is 3.59. The lowest BCUT2D eigenvalue weighted by molar-refractivity contribution is -0.130. The number of aryl methyl sites for hydroxylation is 2. The number of fused-ring (bicyclic) bond motifs is 1. The Bertz CT molecular complexity index is 887. The van der Waals surface area contributed by atoms with E-state index in [0.29, 0.717) is 13.2 Å². The standard InChI is InChI=1S/C33H55N3O2/c1-2-3-4-5-6-7-8-9-10-11-12-13-14-15-16-19-27-36-30-23-18-17-22-29(30)35-32(36)25-20-26-34-33(37)31-24-21-28-38-31/h17-18,22-23,31H,2-16,19-21,24-28H2,1H3,(H,34,37). The minimum Gasteiger partial charge on any atom is -0.368 e. The highest BCUT2D eigenvalue weighted by Gasteiger charge is 2.22. The number of carbonyl (C=O) groups is 1. The van der Waals surface area contributed by atoms with Crippen LogP contribution in [0.1, 0.15) is 135 Å². The number of aromatic nitrogens is 2. The molecular formula is C33H55N3O2. The van der Waals surface area contributed by atoms with E-state index in [1.165, 1.54) is 108 Å². The second kappa shape index (κ2) is 19.2. The van der Waals surface area contributed by atoms with Crippen LogP contribution >= 0.6 is 0 Å². The summed E-state index contributed by atoms with van der Waals surface area (Å²) in [5, 5.41) is 3.05. The van der Waals surface area contributed by atoms with Crippen molar-refractivity contribution in [2.24, 2.45) is 0 Å². The highest BCUT2D eigenvalue weighted by atomic mass is 16.5. The largest absolute Gasteiger partial charge is 0.368 e. The van der Waals surface area contributed by atoms with Gasteiger partial charge in [0.1, 0.15) is 11.9 Å². The van der Waals surface area contributed by atoms with Gasteiger partial charge in [-0.25, -0.2) is 4.98 Å². The van der Waals surface area contributed by atoms with E-state index in [1.807, 2.05) is 0 Å². The van der Waals surface area contributed by atoms with Crippen LogP contribution in [0.15, 0.2) is 24.3 Å². The van der Waals surface area contributed by atoms with Crippen molar-refractivity contribution in [2.45, 2.75) is 148 Å². The zero-order valence-electron chi connectivity index (χ0n) is 24.4. The van der Waals surface area contributed by atoms with Gasteiger partial charge >= 0.3 is 0 Å². The number of benzene rings is 1. The fourth-order valence-corrected chi connectivity index (χ4v) is 5.74. The van der Waals surface area contributed by atoms with Gasteiger partial charge in [-0.3, -0.25) is 4.79 Å². The molecule has 1 N–H and O–H groups in total. The Balaban J connectivity index is 1.24. The number of unbranched alkanes of at least 4 members (excludes halogenated alkanes) is 15. The maximum Gasteiger partial charge on any atom is 0.249 e. The second-order valence-electron chi connectivity index (χ2n) is 11.4. The molecule has 0 saturated carbocycles. The van der Waals surface area contributed by atoms with E-state index in [2.05, 4.69) is 41.1 Å². The highest BCUT2D eigenvalue weighted by Crippen LogP contribution is 2.19. The summed E-state index contributed by atoms with van der Waals surface area (Å²) in [5.74, 6) is 1.20. The molecular weight excluding hydrogens is 470 g/mol. The first-order valence-electron chi connectivity index (χ1n) is 16.1. The van der Waals surface area contributed by atoms with Gasteiger partial charge in [0.15, 0.2) is 0 Å². The predicted octanol–water partition coefficient (Wildman–Crippen LogP) is 8.53. The number of para-hydroxylation sites is 2. The Morgan fingerprint density at radius 3 is 2.08 bits per heavy atom. The van der Waals surface area contributed by atoms with E-state index >= 15 is 0 Å². The summed E-state index contributed by atoms with van der Waals surface area (Å²) in [6.45, 7) is 4.72. The number of hydrogen-bond acceptors (Lipinski definition) is 3. The van der Waals surface area contributed by atoms with Crippen LogP contribution in [0.5, 0.6) is 0 Å². The van der Waals surface area contributed by atoms with Gasteiger partial charge in [0.25, 0.3) is 0 Å². The number of nitrogens with one attached hydrogen (secondary N) is 1. The van der Waals surface area contributed by atoms with Gasteiger partial charge in [0.05, 0.1) is 11.0 Å². The van der Waals surface area contributed by atoms with E-state index in [1.54, 1.807) is 0 Å². The van der Waals surface area contributed by atoms with E-state index in [-0.39, 0.29) is 12.0 Å². The summed E-state index contributed by atoms with van der Waals surface area (Å²) in [5.41, 5.74) is 2.33. The lowest BCUT2D eigenvalue weighted by Gasteiger charge is -2.11. The van der Waals surface area contributed by atoms with Crippen LogP contribution in [0.4, 0.5) is 0 Å². The molecule has 1 aromatic carbocycles. The molecule has 1 saturated heterocycles. The number of amides is 1. The molecule has 2 heterocycles. The van der Waals surface area contributed by atoms with Gasteiger partial charge in [-0.15, -0.1) is 0 Å². The van der Waals surface area contributed by atoms with E-state index in [0.717, 1.165) is 43.6 Å². The summed E-state index contributed by atoms with van der Waals surface area (Å²) < 4.78 is 7.90. The van der Waals surface area contributed by atoms with Gasteiger partial charge < -0.3 is 14.6 Å². The Labute approximate surface area is 232 Å². The monoisotopic (exact) mass is 525 g/mol. The number of hydrogen-bond donors (Lipinski definition) is 1. The van der Waals surface area contributed by atoms with Crippen molar-refractivity contribution in [1.82, 2.24) is 14.9 Å². The average molecular weight is 526 g/mol. The van der Waals surface area contributed by atoms with Crippen LogP contribution in [-0.2, 0) is 22.5 Å². The Morgan fingerprint density at radius 1 is 0.868 bits per heavy atom. The molecule has 1 aliphatic rings. The summed E-state index contributed by atoms with van der Waals surface area (Å²) in [6, 6.07) is 8.49. The van der Waals surface area contributed by atoms with Crippen LogP contribution in [0.25, 0.3) is 11.0 Å². The fourth-order valence-electron chi connectivity index (χ4n) is 5.74. The third kappa shape index (κ3) is 11.5. The highest BCUT2D eigenvalue weighted by molar-refractivity contribution is 5.80. The lowest BCUT2D eigenvalue weighted by Crippen LogP contribution is -2.34. The van der Waals surface area contributed by atoms with Crippen LogP contribution in [0.2, 0.25) is 0 Å². The normalized spacial score (nSPS) is 15.4. The fraction of sp³-hybridized carbons (Fsp3) is 0.758. The summed E-state index contributed by atoms with van der Waals surface area (Å²) >= 11 is 0. The first kappa shape index (κ1) is 30.7. The summed E-state index contributed by atoms with van der Waals surface area (Å²) in [4.78, 5) is 17.1. The Morgan fingerprint density at radius 2 is 1.47 bits per heavy atom. The summed E-state index contributed by atoms with van der Waals surface area (Å²) in [6.07, 6.45) is 25.7. The van der Waals surface area contributed by atoms with Crippen LogP contribution in [0, 0.1) is 0 Å². The lowest BCUT2D eigenvalue weighted by atomic mass is 10.0. The van der Waals surface area contributed by atoms with E-state index in [4.69, 9.17) is 9.72 Å². The van der Waals surface area contributed by atoms with Crippen LogP contribution in [0.3, 0.4) is 0 Å². The first-order valence-corrected chi connectivity index (χ1v) is 16.1. The molecule has 1 aromatic heterocycles. The Kier molecular flexibility index (Phi) is 15.5. The number of carbonyl (C=O) groups excluding carboxylic acids is 1. The van der Waals surface area contributed by atoms with Crippen molar-refractivity contribution in [3.8, 4) is 0 Å². The van der Waals surface area contributed by atoms with Crippen molar-refractivity contribution < 1.29 is 9.53 Å². The molecule has 0 aliphatic carbocycles. The molecule has 5 heteroatoms. The number of imidazole rings is 1. The van der Waals surface area contributed by atoms with Gasteiger partial charge in [-0.05, 0) is 37.8 Å². The molecule has 0 spiro atoms. The van der Waals surface area contributed by atoms with Crippen LogP contribution < -0.4 is 5.32 Å². The van der Waals surface area contributed by atoms with Crippen molar-refractivity contribution >= 4 is 16.9 Å². The first-order chi connectivity index (χ1) is 18.8. The Hall–Kier alpha value is -1.88. The molecule has 214 valence electrons. The molecule has 0 bridgehead atoms. The zero-order valence-corrected chi connectivity index (χ0v) is 24.4. The molecule has 1 unspecified atom stereocenters. The molecule has 1 aliphatic heterocycles. The minimum absolute atomic E-state index is 0.0455. The van der Waals surface area contributed by atoms with Gasteiger partial charge in [-0.1, -0.05) is 115 Å². The van der Waals surface area contributed by atoms with Gasteiger partial charge in [-0.2, -0.15) is 0 Å². The predicted molar refractivity (Wildman–Crippen MR) is 160 cm³/mol. The molecule has 5 nitrogen and oxygen atoms in total. The maximum atomic E-state index is 12.2. The topological polar surface area (TPSA) is 56.2 Å². The second-order valence-corrected chi connectivity index (χ2v) is 11.4. The number of ether oxygens (including phenoxy) is 1. The van der Waals surface area contributed by atoms with Crippen molar-refractivity contribution in [3.05, 3.63) is 30.1 Å². The van der Waals surface area contributed by atoms with Gasteiger partial charge in [0, 0.05) is 26.1 Å². The third-order valence-electron chi connectivity index (χ3n) is 8.07. The van der Waals surface area contributed by atoms with Crippen molar-refractivity contribution in [1.29, 1.82) is 0 Å². The van der Waals surface area contributed by atoms with Gasteiger partial charge in [0.2, 0.25) is 5.91 Å². The molecule has 38 heavy (non-hydrogen) atoms. The molecule has 0 radical (unpaired) electrons. The quantitative estimate of drug-likeness (QED) is 0.157. The van der Waals surface area contributed by atoms with E-state index in [9.17, 15) is 4.79 Å². The number of nitrogens with zero attached hydrogens (tertiary/aromatic N) is 2. The smallest absolute Gasteiger partial charge is 0.249 e. The number of rotatable bonds is 22. The molecule has 1 fully saturated rings. The summed E-state index contributed by atoms with van der Waals surface area (Å²) in [7, 11) is 0. The molecule has 1 atom stereocenters. The minimum atomic E-state index is -0.241. The van der Waals surface area contributed by atoms with Crippen LogP contribution in [-0.4, -0.2) is 34.7 Å². The van der Waals surface area contributed by atoms with E-state index < -0.39 is 0 Å². The van der Waals surface area contributed by atoms with Crippen molar-refractivity contribution in [3.63, 3.8) is 0 Å². The zero-order chi connectivity index (χ0) is 26.7. The third-order valence-corrected chi connectivity index (χ3v) is 8.07. The SMILES string of the molecule is CCCCCCCCCCCCCCCCCCn1c(CCCNC(=O)C2CCCO2)nc2ccccc21. The molecule has 1 amide bonds. The molecule has 3 rings (SSSR count). The van der Waals surface area contributed by atoms with Crippen molar-refractivity contribution in [2.75, 3.05) is 13.2 Å². The molecule has 2 aromatic rings.